The van der Waals surface area contributed by atoms with Gasteiger partial charge in [0.15, 0.2) is 0 Å². The third-order valence-corrected chi connectivity index (χ3v) is 4.19. The molecular weight excluding hydrogens is 373 g/mol. The van der Waals surface area contributed by atoms with Crippen molar-refractivity contribution >= 4 is 40.5 Å². The number of phenolic OH excluding ortho intramolecular Hbond substituents is 1. The van der Waals surface area contributed by atoms with Crippen LogP contribution in [0.1, 0.15) is 15.9 Å². The molecule has 26 heavy (non-hydrogen) atoms. The Morgan fingerprint density at radius 1 is 1.12 bits per heavy atom. The summed E-state index contributed by atoms with van der Waals surface area (Å²) in [5.74, 6) is -0.652. The lowest BCUT2D eigenvalue weighted by Crippen LogP contribution is -2.12. The summed E-state index contributed by atoms with van der Waals surface area (Å²) in [5, 5.41) is 16.4. The number of rotatable bonds is 5. The van der Waals surface area contributed by atoms with Crippen molar-refractivity contribution in [3.8, 4) is 5.75 Å². The maximum absolute atomic E-state index is 12.3. The van der Waals surface area contributed by atoms with Crippen LogP contribution in [0.25, 0.3) is 0 Å². The van der Waals surface area contributed by atoms with E-state index in [0.29, 0.717) is 22.3 Å². The zero-order valence-corrected chi connectivity index (χ0v) is 15.1. The van der Waals surface area contributed by atoms with E-state index in [1.165, 1.54) is 18.2 Å². The molecule has 0 radical (unpaired) electrons. The number of anilines is 2. The van der Waals surface area contributed by atoms with Crippen molar-refractivity contribution in [3.63, 3.8) is 0 Å². The lowest BCUT2D eigenvalue weighted by atomic mass is 10.2. The normalized spacial score (nSPS) is 10.4. The van der Waals surface area contributed by atoms with Crippen LogP contribution >= 0.6 is 23.2 Å². The van der Waals surface area contributed by atoms with Crippen LogP contribution in [0.5, 0.6) is 5.75 Å². The number of nitrogens with zero attached hydrogens (tertiary/aromatic N) is 1. The number of aromatic hydroxyl groups is 1. The molecule has 0 fully saturated rings. The van der Waals surface area contributed by atoms with Crippen molar-refractivity contribution in [2.45, 2.75) is 6.54 Å². The van der Waals surface area contributed by atoms with Crippen molar-refractivity contribution in [2.75, 3.05) is 10.6 Å². The summed E-state index contributed by atoms with van der Waals surface area (Å²) in [6.07, 6.45) is 3.50. The fourth-order valence-electron chi connectivity index (χ4n) is 2.31. The van der Waals surface area contributed by atoms with E-state index in [1.54, 1.807) is 30.6 Å². The Morgan fingerprint density at radius 2 is 1.96 bits per heavy atom. The quantitative estimate of drug-likeness (QED) is 0.578. The number of phenols is 1. The predicted octanol–water partition coefficient (Wildman–Crippen LogP) is 4.96. The molecular formula is C19H15Cl2N3O2. The second-order valence-electron chi connectivity index (χ2n) is 5.53. The lowest BCUT2D eigenvalue weighted by molar-refractivity contribution is 0.102. The standard InChI is InChI=1S/C19H15Cl2N3O2/c20-13-3-6-18(25)15(8-13)19(26)24-17-5-4-14(9-16(17)21)23-11-12-2-1-7-22-10-12/h1-10,23,25H,11H2,(H,24,26). The average molecular weight is 388 g/mol. The molecule has 0 aliphatic heterocycles. The molecule has 0 bridgehead atoms. The Balaban J connectivity index is 1.69. The Bertz CT molecular complexity index is 933. The molecule has 0 saturated carbocycles. The van der Waals surface area contributed by atoms with E-state index >= 15 is 0 Å². The number of aromatic nitrogens is 1. The maximum atomic E-state index is 12.3. The van der Waals surface area contributed by atoms with Gasteiger partial charge in [-0.1, -0.05) is 29.3 Å². The number of amides is 1. The number of carbonyl (C=O) groups is 1. The molecule has 0 aliphatic rings. The molecule has 3 N–H and O–H groups in total. The summed E-state index contributed by atoms with van der Waals surface area (Å²) >= 11 is 12.1. The minimum absolute atomic E-state index is 0.0762. The molecule has 132 valence electrons. The van der Waals surface area contributed by atoms with Crippen molar-refractivity contribution < 1.29 is 9.90 Å². The van der Waals surface area contributed by atoms with Crippen LogP contribution < -0.4 is 10.6 Å². The molecule has 7 heteroatoms. The molecule has 2 aromatic carbocycles. The third-order valence-electron chi connectivity index (χ3n) is 3.64. The van der Waals surface area contributed by atoms with Crippen molar-refractivity contribution in [1.29, 1.82) is 0 Å². The molecule has 0 saturated heterocycles. The minimum atomic E-state index is -0.497. The van der Waals surface area contributed by atoms with Gasteiger partial charge < -0.3 is 15.7 Å². The third kappa shape index (κ3) is 4.45. The maximum Gasteiger partial charge on any atom is 0.259 e. The highest BCUT2D eigenvalue weighted by Gasteiger charge is 2.13. The van der Waals surface area contributed by atoms with Gasteiger partial charge in [-0.15, -0.1) is 0 Å². The smallest absolute Gasteiger partial charge is 0.259 e. The molecule has 0 unspecified atom stereocenters. The van der Waals surface area contributed by atoms with Crippen LogP contribution in [0, 0.1) is 0 Å². The van der Waals surface area contributed by atoms with Gasteiger partial charge in [-0.3, -0.25) is 9.78 Å². The zero-order valence-electron chi connectivity index (χ0n) is 13.5. The molecule has 3 rings (SSSR count). The Hall–Kier alpha value is -2.76. The van der Waals surface area contributed by atoms with Crippen LogP contribution in [-0.2, 0) is 6.54 Å². The number of pyridine rings is 1. The number of carbonyl (C=O) groups excluding carboxylic acids is 1. The SMILES string of the molecule is O=C(Nc1ccc(NCc2cccnc2)cc1Cl)c1cc(Cl)ccc1O. The largest absolute Gasteiger partial charge is 0.507 e. The highest BCUT2D eigenvalue weighted by Crippen LogP contribution is 2.28. The van der Waals surface area contributed by atoms with Gasteiger partial charge in [0.05, 0.1) is 16.3 Å². The van der Waals surface area contributed by atoms with Crippen LogP contribution in [0.3, 0.4) is 0 Å². The molecule has 0 spiro atoms. The van der Waals surface area contributed by atoms with E-state index < -0.39 is 5.91 Å². The van der Waals surface area contributed by atoms with Crippen molar-refractivity contribution in [1.82, 2.24) is 4.98 Å². The Labute approximate surface area is 160 Å². The van der Waals surface area contributed by atoms with E-state index in [9.17, 15) is 9.90 Å². The van der Waals surface area contributed by atoms with E-state index in [1.807, 2.05) is 12.1 Å². The molecule has 1 amide bonds. The summed E-state index contributed by atoms with van der Waals surface area (Å²) in [7, 11) is 0. The molecule has 3 aromatic rings. The summed E-state index contributed by atoms with van der Waals surface area (Å²) in [6.45, 7) is 0.603. The molecule has 5 nitrogen and oxygen atoms in total. The number of benzene rings is 2. The summed E-state index contributed by atoms with van der Waals surface area (Å²) in [5.41, 5.74) is 2.36. The second-order valence-corrected chi connectivity index (χ2v) is 6.37. The van der Waals surface area contributed by atoms with E-state index in [4.69, 9.17) is 23.2 Å². The fourth-order valence-corrected chi connectivity index (χ4v) is 2.71. The van der Waals surface area contributed by atoms with E-state index in [2.05, 4.69) is 15.6 Å². The first-order valence-corrected chi connectivity index (χ1v) is 8.51. The van der Waals surface area contributed by atoms with Gasteiger partial charge in [0.25, 0.3) is 5.91 Å². The second kappa shape index (κ2) is 8.08. The first-order chi connectivity index (χ1) is 12.5. The van der Waals surface area contributed by atoms with Gasteiger partial charge in [0, 0.05) is 29.6 Å². The van der Waals surface area contributed by atoms with Crippen LogP contribution in [0.15, 0.2) is 60.9 Å². The predicted molar refractivity (Wildman–Crippen MR) is 104 cm³/mol. The monoisotopic (exact) mass is 387 g/mol. The van der Waals surface area contributed by atoms with E-state index in [0.717, 1.165) is 11.3 Å². The number of hydrogen-bond donors (Lipinski definition) is 3. The molecule has 0 atom stereocenters. The summed E-state index contributed by atoms with van der Waals surface area (Å²) < 4.78 is 0. The lowest BCUT2D eigenvalue weighted by Gasteiger charge is -2.11. The van der Waals surface area contributed by atoms with Crippen LogP contribution in [-0.4, -0.2) is 16.0 Å². The molecule has 1 heterocycles. The first-order valence-electron chi connectivity index (χ1n) is 7.75. The average Bonchev–Trinajstić information content (AvgIpc) is 2.64. The highest BCUT2D eigenvalue weighted by molar-refractivity contribution is 6.34. The van der Waals surface area contributed by atoms with Gasteiger partial charge in [-0.05, 0) is 48.0 Å². The molecule has 0 aliphatic carbocycles. The van der Waals surface area contributed by atoms with Gasteiger partial charge in [-0.2, -0.15) is 0 Å². The Kier molecular flexibility index (Phi) is 5.61. The summed E-state index contributed by atoms with van der Waals surface area (Å²) in [4.78, 5) is 16.4. The topological polar surface area (TPSA) is 74.2 Å². The van der Waals surface area contributed by atoms with Crippen LogP contribution in [0.4, 0.5) is 11.4 Å². The molecule has 1 aromatic heterocycles. The Morgan fingerprint density at radius 3 is 2.69 bits per heavy atom. The highest BCUT2D eigenvalue weighted by atomic mass is 35.5. The van der Waals surface area contributed by atoms with Gasteiger partial charge >= 0.3 is 0 Å². The van der Waals surface area contributed by atoms with Gasteiger partial charge in [-0.25, -0.2) is 0 Å². The number of halogens is 2. The van der Waals surface area contributed by atoms with Gasteiger partial charge in [0.1, 0.15) is 5.75 Å². The van der Waals surface area contributed by atoms with E-state index in [-0.39, 0.29) is 11.3 Å². The first kappa shape index (κ1) is 18.0. The van der Waals surface area contributed by atoms with Crippen molar-refractivity contribution in [3.05, 3.63) is 82.1 Å². The zero-order chi connectivity index (χ0) is 18.5. The van der Waals surface area contributed by atoms with Crippen LogP contribution in [0.2, 0.25) is 10.0 Å². The van der Waals surface area contributed by atoms with Crippen molar-refractivity contribution in [2.24, 2.45) is 0 Å². The fraction of sp³-hybridized carbons (Fsp3) is 0.0526. The summed E-state index contributed by atoms with van der Waals surface area (Å²) in [6, 6.07) is 13.3. The van der Waals surface area contributed by atoms with Gasteiger partial charge in [0.2, 0.25) is 0 Å². The minimum Gasteiger partial charge on any atom is -0.507 e. The number of hydrogen-bond acceptors (Lipinski definition) is 4. The number of nitrogens with one attached hydrogen (secondary N) is 2.